The van der Waals surface area contributed by atoms with E-state index in [0.29, 0.717) is 12.3 Å². The topological polar surface area (TPSA) is 74.8 Å². The van der Waals surface area contributed by atoms with Crippen LogP contribution in [-0.4, -0.2) is 24.1 Å². The molecule has 0 spiro atoms. The van der Waals surface area contributed by atoms with Gasteiger partial charge in [0.1, 0.15) is 17.7 Å². The van der Waals surface area contributed by atoms with Crippen LogP contribution in [-0.2, 0) is 4.79 Å². The van der Waals surface area contributed by atoms with E-state index in [2.05, 4.69) is 16.1 Å². The number of ether oxygens (including phenoxy) is 1. The van der Waals surface area contributed by atoms with Gasteiger partial charge in [0.2, 0.25) is 0 Å². The molecule has 5 nitrogen and oxygen atoms in total. The first kappa shape index (κ1) is 15.6. The van der Waals surface area contributed by atoms with E-state index in [1.807, 2.05) is 37.3 Å². The largest absolute Gasteiger partial charge is 0.494 e. The van der Waals surface area contributed by atoms with Crippen LogP contribution in [0.2, 0.25) is 0 Å². The summed E-state index contributed by atoms with van der Waals surface area (Å²) in [6.07, 6.45) is 8.79. The van der Waals surface area contributed by atoms with E-state index in [0.717, 1.165) is 11.3 Å². The minimum atomic E-state index is -0.441. The average molecular weight is 317 g/mol. The molecule has 5 heteroatoms. The summed E-state index contributed by atoms with van der Waals surface area (Å²) in [6, 6.07) is 9.41. The molecule has 1 aromatic carbocycles. The third-order valence-corrected chi connectivity index (χ3v) is 3.58. The number of amides is 1. The molecule has 0 saturated heterocycles. The highest BCUT2D eigenvalue weighted by Gasteiger charge is 2.27. The lowest BCUT2D eigenvalue weighted by atomic mass is 9.96. The Morgan fingerprint density at radius 3 is 2.79 bits per heavy atom. The summed E-state index contributed by atoms with van der Waals surface area (Å²) in [5, 5.41) is 9.42. The van der Waals surface area contributed by atoms with Crippen molar-refractivity contribution >= 4 is 23.5 Å². The summed E-state index contributed by atoms with van der Waals surface area (Å²) in [5.41, 5.74) is 1.67. The summed E-state index contributed by atoms with van der Waals surface area (Å²) in [6.45, 7) is 2.51. The maximum atomic E-state index is 12.1. The Kier molecular flexibility index (Phi) is 4.48. The first-order chi connectivity index (χ1) is 11.7. The number of benzene rings is 1. The van der Waals surface area contributed by atoms with E-state index in [9.17, 15) is 10.1 Å². The van der Waals surface area contributed by atoms with Gasteiger partial charge >= 0.3 is 0 Å². The van der Waals surface area contributed by atoms with Gasteiger partial charge < -0.3 is 4.74 Å². The highest BCUT2D eigenvalue weighted by Crippen LogP contribution is 2.20. The monoisotopic (exact) mass is 317 g/mol. The van der Waals surface area contributed by atoms with Crippen LogP contribution in [0.4, 0.5) is 0 Å². The van der Waals surface area contributed by atoms with Gasteiger partial charge in [-0.05, 0) is 36.8 Å². The number of allylic oxidation sites excluding steroid dienone is 3. The Bertz CT molecular complexity index is 850. The van der Waals surface area contributed by atoms with Crippen LogP contribution >= 0.6 is 0 Å². The fraction of sp³-hybridized carbons (Fsp3) is 0.158. The Morgan fingerprint density at radius 2 is 2.08 bits per heavy atom. The quantitative estimate of drug-likeness (QED) is 0.801. The molecule has 1 amide bonds. The van der Waals surface area contributed by atoms with Crippen molar-refractivity contribution in [2.75, 3.05) is 6.61 Å². The van der Waals surface area contributed by atoms with Crippen LogP contribution in [0.5, 0.6) is 5.75 Å². The van der Waals surface area contributed by atoms with Gasteiger partial charge in [-0.2, -0.15) is 10.3 Å². The van der Waals surface area contributed by atoms with Crippen molar-refractivity contribution in [1.29, 1.82) is 5.26 Å². The van der Waals surface area contributed by atoms with Crippen molar-refractivity contribution in [3.8, 4) is 11.8 Å². The fourth-order valence-electron chi connectivity index (χ4n) is 2.43. The first-order valence-corrected chi connectivity index (χ1v) is 7.62. The predicted octanol–water partition coefficient (Wildman–Crippen LogP) is 3.11. The number of fused-ring (bicyclic) bond motifs is 1. The van der Waals surface area contributed by atoms with Crippen molar-refractivity contribution in [2.45, 2.75) is 6.92 Å². The SMILES string of the molecule is CCOc1ccc(/C=C(\C#N)C2=NC(=O)C3C=CC=CC3=N2)cc1. The summed E-state index contributed by atoms with van der Waals surface area (Å²) >= 11 is 0. The van der Waals surface area contributed by atoms with Crippen molar-refractivity contribution in [2.24, 2.45) is 15.9 Å². The van der Waals surface area contributed by atoms with E-state index < -0.39 is 5.92 Å². The highest BCUT2D eigenvalue weighted by atomic mass is 16.5. The molecule has 1 unspecified atom stereocenters. The third kappa shape index (κ3) is 3.23. The lowest BCUT2D eigenvalue weighted by Crippen LogP contribution is -2.27. The molecule has 0 aromatic heterocycles. The van der Waals surface area contributed by atoms with Crippen LogP contribution in [0.1, 0.15) is 12.5 Å². The Hall–Kier alpha value is -3.26. The van der Waals surface area contributed by atoms with Gasteiger partial charge in [-0.3, -0.25) is 4.79 Å². The molecule has 1 aromatic rings. The van der Waals surface area contributed by atoms with Crippen molar-refractivity contribution < 1.29 is 9.53 Å². The fourth-order valence-corrected chi connectivity index (χ4v) is 2.43. The molecule has 2 aliphatic rings. The number of hydrogen-bond acceptors (Lipinski definition) is 4. The van der Waals surface area contributed by atoms with Gasteiger partial charge in [0.05, 0.1) is 17.9 Å². The molecule has 0 fully saturated rings. The second kappa shape index (κ2) is 6.88. The summed E-state index contributed by atoms with van der Waals surface area (Å²) in [5.74, 6) is 0.177. The molecule has 118 valence electrons. The molecular weight excluding hydrogens is 302 g/mol. The van der Waals surface area contributed by atoms with E-state index in [1.165, 1.54) is 0 Å². The zero-order valence-electron chi connectivity index (χ0n) is 13.1. The van der Waals surface area contributed by atoms with Gasteiger partial charge in [0.15, 0.2) is 5.84 Å². The zero-order chi connectivity index (χ0) is 16.9. The number of rotatable bonds is 4. The second-order valence-corrected chi connectivity index (χ2v) is 5.20. The Labute approximate surface area is 140 Å². The number of carbonyl (C=O) groups is 1. The maximum Gasteiger partial charge on any atom is 0.260 e. The van der Waals surface area contributed by atoms with Crippen LogP contribution in [0.15, 0.2) is 64.1 Å². The first-order valence-electron chi connectivity index (χ1n) is 7.62. The maximum absolute atomic E-state index is 12.1. The van der Waals surface area contributed by atoms with E-state index >= 15 is 0 Å². The van der Waals surface area contributed by atoms with Gasteiger partial charge in [0, 0.05) is 0 Å². The van der Waals surface area contributed by atoms with E-state index in [1.54, 1.807) is 24.3 Å². The highest BCUT2D eigenvalue weighted by molar-refractivity contribution is 6.26. The lowest BCUT2D eigenvalue weighted by molar-refractivity contribution is -0.118. The van der Waals surface area contributed by atoms with Crippen LogP contribution < -0.4 is 4.74 Å². The Morgan fingerprint density at radius 1 is 1.29 bits per heavy atom. The molecule has 1 aliphatic heterocycles. The number of nitrogens with zero attached hydrogens (tertiary/aromatic N) is 3. The number of nitriles is 1. The molecule has 1 heterocycles. The molecule has 1 atom stereocenters. The molecular formula is C19H15N3O2. The van der Waals surface area contributed by atoms with Crippen LogP contribution in [0, 0.1) is 17.2 Å². The minimum Gasteiger partial charge on any atom is -0.494 e. The normalized spacial score (nSPS) is 19.2. The standard InChI is InChI=1S/C19H15N3O2/c1-2-24-15-9-7-13(8-10-15)11-14(12-20)18-21-17-6-4-3-5-16(17)19(23)22-18/h3-11,16H,2H2,1H3/b14-11+. The lowest BCUT2D eigenvalue weighted by Gasteiger charge is -2.17. The summed E-state index contributed by atoms with van der Waals surface area (Å²) in [7, 11) is 0. The van der Waals surface area contributed by atoms with Crippen LogP contribution in [0.25, 0.3) is 6.08 Å². The predicted molar refractivity (Wildman–Crippen MR) is 92.8 cm³/mol. The summed E-state index contributed by atoms with van der Waals surface area (Å²) in [4.78, 5) is 20.5. The number of aliphatic imine (C=N–C) groups is 2. The smallest absolute Gasteiger partial charge is 0.260 e. The van der Waals surface area contributed by atoms with Crippen LogP contribution in [0.3, 0.4) is 0 Å². The summed E-state index contributed by atoms with van der Waals surface area (Å²) < 4.78 is 5.39. The Balaban J connectivity index is 1.90. The molecule has 0 saturated carbocycles. The van der Waals surface area contributed by atoms with Crippen molar-refractivity contribution in [1.82, 2.24) is 0 Å². The van der Waals surface area contributed by atoms with Gasteiger partial charge in [0.25, 0.3) is 5.91 Å². The number of amidine groups is 1. The van der Waals surface area contributed by atoms with Crippen molar-refractivity contribution in [3.63, 3.8) is 0 Å². The number of hydrogen-bond donors (Lipinski definition) is 0. The average Bonchev–Trinajstić information content (AvgIpc) is 2.61. The minimum absolute atomic E-state index is 0.155. The van der Waals surface area contributed by atoms with Gasteiger partial charge in [-0.15, -0.1) is 0 Å². The molecule has 1 aliphatic carbocycles. The number of carbonyl (C=O) groups excluding carboxylic acids is 1. The van der Waals surface area contributed by atoms with Gasteiger partial charge in [-0.25, -0.2) is 4.99 Å². The molecule has 0 bridgehead atoms. The molecule has 24 heavy (non-hydrogen) atoms. The second-order valence-electron chi connectivity index (χ2n) is 5.20. The molecule has 3 rings (SSSR count). The zero-order valence-corrected chi connectivity index (χ0v) is 13.1. The van der Waals surface area contributed by atoms with Crippen molar-refractivity contribution in [3.05, 3.63) is 59.7 Å². The van der Waals surface area contributed by atoms with Gasteiger partial charge in [-0.1, -0.05) is 30.4 Å². The third-order valence-electron chi connectivity index (χ3n) is 3.58. The van der Waals surface area contributed by atoms with E-state index in [4.69, 9.17) is 4.74 Å². The molecule has 0 radical (unpaired) electrons. The molecule has 0 N–H and O–H groups in total. The van der Waals surface area contributed by atoms with E-state index in [-0.39, 0.29) is 17.3 Å².